The third-order valence-electron chi connectivity index (χ3n) is 4.36. The molecule has 2 heterocycles. The zero-order chi connectivity index (χ0) is 14.7. The van der Waals surface area contributed by atoms with Gasteiger partial charge in [0.2, 0.25) is 0 Å². The van der Waals surface area contributed by atoms with Gasteiger partial charge in [-0.15, -0.1) is 0 Å². The summed E-state index contributed by atoms with van der Waals surface area (Å²) in [6.45, 7) is 9.92. The second kappa shape index (κ2) is 6.77. The Hall–Kier alpha value is -1.10. The molecular weight excluding hydrogens is 264 g/mol. The number of morpholine rings is 1. The van der Waals surface area contributed by atoms with Crippen LogP contribution < -0.4 is 10.1 Å². The Labute approximate surface area is 127 Å². The van der Waals surface area contributed by atoms with Gasteiger partial charge in [0, 0.05) is 43.2 Å². The largest absolute Gasteiger partial charge is 0.493 e. The van der Waals surface area contributed by atoms with Crippen molar-refractivity contribution in [2.75, 3.05) is 39.5 Å². The summed E-state index contributed by atoms with van der Waals surface area (Å²) in [4.78, 5) is 2.56. The topological polar surface area (TPSA) is 33.7 Å². The van der Waals surface area contributed by atoms with E-state index >= 15 is 0 Å². The number of benzene rings is 1. The molecule has 3 rings (SSSR count). The quantitative estimate of drug-likeness (QED) is 0.897. The third-order valence-corrected chi connectivity index (χ3v) is 4.36. The second-order valence-electron chi connectivity index (χ2n) is 6.33. The second-order valence-corrected chi connectivity index (χ2v) is 6.33. The Morgan fingerprint density at radius 3 is 3.00 bits per heavy atom. The fourth-order valence-corrected chi connectivity index (χ4v) is 3.15. The minimum Gasteiger partial charge on any atom is -0.493 e. The van der Waals surface area contributed by atoms with Gasteiger partial charge in [-0.2, -0.15) is 0 Å². The minimum atomic E-state index is 0.467. The highest BCUT2D eigenvalue weighted by Gasteiger charge is 2.30. The zero-order valence-electron chi connectivity index (χ0n) is 13.0. The molecule has 1 N–H and O–H groups in total. The van der Waals surface area contributed by atoms with Crippen molar-refractivity contribution < 1.29 is 9.47 Å². The first-order valence-corrected chi connectivity index (χ1v) is 8.01. The van der Waals surface area contributed by atoms with E-state index in [9.17, 15) is 0 Å². The van der Waals surface area contributed by atoms with Crippen molar-refractivity contribution in [3.05, 3.63) is 29.8 Å². The summed E-state index contributed by atoms with van der Waals surface area (Å²) in [5, 5.41) is 3.54. The van der Waals surface area contributed by atoms with Crippen molar-refractivity contribution in [1.29, 1.82) is 0 Å². The van der Waals surface area contributed by atoms with Crippen molar-refractivity contribution in [1.82, 2.24) is 10.2 Å². The van der Waals surface area contributed by atoms with E-state index in [0.29, 0.717) is 18.0 Å². The van der Waals surface area contributed by atoms with Crippen molar-refractivity contribution in [3.8, 4) is 5.75 Å². The highest BCUT2D eigenvalue weighted by molar-refractivity contribution is 5.39. The van der Waals surface area contributed by atoms with Gasteiger partial charge in [-0.1, -0.05) is 32.0 Å². The van der Waals surface area contributed by atoms with E-state index < -0.39 is 0 Å². The van der Waals surface area contributed by atoms with Crippen LogP contribution in [0.4, 0.5) is 0 Å². The molecule has 4 heteroatoms. The van der Waals surface area contributed by atoms with Crippen LogP contribution in [0.5, 0.6) is 5.75 Å². The highest BCUT2D eigenvalue weighted by Crippen LogP contribution is 2.34. The van der Waals surface area contributed by atoms with Gasteiger partial charge < -0.3 is 14.8 Å². The molecule has 116 valence electrons. The molecule has 0 saturated carbocycles. The van der Waals surface area contributed by atoms with Crippen LogP contribution in [0.3, 0.4) is 0 Å². The molecular formula is C17H26N2O2. The van der Waals surface area contributed by atoms with E-state index in [4.69, 9.17) is 9.47 Å². The molecule has 0 aliphatic carbocycles. The maximum Gasteiger partial charge on any atom is 0.122 e. The maximum atomic E-state index is 5.81. The molecule has 0 amide bonds. The smallest absolute Gasteiger partial charge is 0.122 e. The molecule has 2 unspecified atom stereocenters. The van der Waals surface area contributed by atoms with Crippen LogP contribution >= 0.6 is 0 Å². The van der Waals surface area contributed by atoms with Gasteiger partial charge in [-0.25, -0.2) is 0 Å². The highest BCUT2D eigenvalue weighted by atomic mass is 16.5. The monoisotopic (exact) mass is 290 g/mol. The van der Waals surface area contributed by atoms with Crippen LogP contribution in [-0.2, 0) is 4.74 Å². The third kappa shape index (κ3) is 3.57. The van der Waals surface area contributed by atoms with Gasteiger partial charge in [0.1, 0.15) is 5.75 Å². The maximum absolute atomic E-state index is 5.81. The first-order chi connectivity index (χ1) is 10.2. The normalized spacial score (nSPS) is 25.9. The average molecular weight is 290 g/mol. The number of nitrogens with zero attached hydrogens (tertiary/aromatic N) is 1. The van der Waals surface area contributed by atoms with Gasteiger partial charge in [0.25, 0.3) is 0 Å². The first kappa shape index (κ1) is 14.8. The van der Waals surface area contributed by atoms with Gasteiger partial charge >= 0.3 is 0 Å². The predicted octanol–water partition coefficient (Wildman–Crippen LogP) is 1.86. The first-order valence-electron chi connectivity index (χ1n) is 8.01. The number of fused-ring (bicyclic) bond motifs is 1. The molecule has 1 aromatic rings. The Morgan fingerprint density at radius 2 is 2.14 bits per heavy atom. The number of rotatable bonds is 5. The lowest BCUT2D eigenvalue weighted by Gasteiger charge is -2.37. The summed E-state index contributed by atoms with van der Waals surface area (Å²) in [5.41, 5.74) is 1.36. The summed E-state index contributed by atoms with van der Waals surface area (Å²) < 4.78 is 11.5. The number of hydrogen-bond donors (Lipinski definition) is 1. The Morgan fingerprint density at radius 1 is 1.29 bits per heavy atom. The van der Waals surface area contributed by atoms with Crippen molar-refractivity contribution in [3.63, 3.8) is 0 Å². The van der Waals surface area contributed by atoms with Crippen molar-refractivity contribution in [2.24, 2.45) is 0 Å². The van der Waals surface area contributed by atoms with Crippen LogP contribution in [0, 0.1) is 0 Å². The van der Waals surface area contributed by atoms with E-state index in [0.717, 1.165) is 45.2 Å². The van der Waals surface area contributed by atoms with E-state index in [-0.39, 0.29) is 0 Å². The summed E-state index contributed by atoms with van der Waals surface area (Å²) in [6, 6.07) is 9.42. The molecule has 1 fully saturated rings. The van der Waals surface area contributed by atoms with Crippen molar-refractivity contribution >= 4 is 0 Å². The van der Waals surface area contributed by atoms with Gasteiger partial charge in [0.15, 0.2) is 0 Å². The van der Waals surface area contributed by atoms with Crippen LogP contribution in [0.2, 0.25) is 0 Å². The van der Waals surface area contributed by atoms with Crippen LogP contribution in [0.15, 0.2) is 24.3 Å². The van der Waals surface area contributed by atoms with Gasteiger partial charge in [-0.05, 0) is 6.07 Å². The molecule has 0 bridgehead atoms. The summed E-state index contributed by atoms with van der Waals surface area (Å²) >= 11 is 0. The standard InChI is InChI=1S/C17H26N2O2/c1-13(2)18-9-15-12-20-8-7-19(15)10-14-11-21-17-6-4-3-5-16(14)17/h3-6,13-15,18H,7-12H2,1-2H3. The lowest BCUT2D eigenvalue weighted by molar-refractivity contribution is -0.0107. The molecule has 0 aromatic heterocycles. The SMILES string of the molecule is CC(C)NCC1COCCN1CC1COc2ccccc21. The average Bonchev–Trinajstić information content (AvgIpc) is 2.90. The molecule has 4 nitrogen and oxygen atoms in total. The molecule has 2 aliphatic rings. The molecule has 1 saturated heterocycles. The molecule has 2 atom stereocenters. The predicted molar refractivity (Wildman–Crippen MR) is 84.0 cm³/mol. The van der Waals surface area contributed by atoms with E-state index in [1.54, 1.807) is 0 Å². The number of ether oxygens (including phenoxy) is 2. The molecule has 2 aliphatic heterocycles. The minimum absolute atomic E-state index is 0.467. The molecule has 1 aromatic carbocycles. The lowest BCUT2D eigenvalue weighted by Crippen LogP contribution is -2.52. The molecule has 0 radical (unpaired) electrons. The van der Waals surface area contributed by atoms with Crippen molar-refractivity contribution in [2.45, 2.75) is 31.8 Å². The van der Waals surface area contributed by atoms with Gasteiger partial charge in [0.05, 0.1) is 19.8 Å². The fourth-order valence-electron chi connectivity index (χ4n) is 3.15. The lowest BCUT2D eigenvalue weighted by atomic mass is 9.99. The Bertz CT molecular complexity index is 464. The Balaban J connectivity index is 1.62. The number of para-hydroxylation sites is 1. The fraction of sp³-hybridized carbons (Fsp3) is 0.647. The van der Waals surface area contributed by atoms with Gasteiger partial charge in [-0.3, -0.25) is 4.90 Å². The van der Waals surface area contributed by atoms with E-state index in [1.807, 2.05) is 6.07 Å². The number of hydrogen-bond acceptors (Lipinski definition) is 4. The molecule has 21 heavy (non-hydrogen) atoms. The van der Waals surface area contributed by atoms with Crippen LogP contribution in [0.1, 0.15) is 25.3 Å². The summed E-state index contributed by atoms with van der Waals surface area (Å²) in [6.07, 6.45) is 0. The number of nitrogens with one attached hydrogen (secondary N) is 1. The Kier molecular flexibility index (Phi) is 4.78. The zero-order valence-corrected chi connectivity index (χ0v) is 13.0. The van der Waals surface area contributed by atoms with Crippen LogP contribution in [0.25, 0.3) is 0 Å². The van der Waals surface area contributed by atoms with E-state index in [2.05, 4.69) is 42.3 Å². The summed E-state index contributed by atoms with van der Waals surface area (Å²) in [7, 11) is 0. The van der Waals surface area contributed by atoms with E-state index in [1.165, 1.54) is 5.56 Å². The summed E-state index contributed by atoms with van der Waals surface area (Å²) in [5.74, 6) is 1.55. The molecule has 0 spiro atoms. The van der Waals surface area contributed by atoms with Crippen LogP contribution in [-0.4, -0.2) is 56.4 Å².